The van der Waals surface area contributed by atoms with Crippen LogP contribution >= 0.6 is 0 Å². The van der Waals surface area contributed by atoms with Crippen molar-refractivity contribution in [1.82, 2.24) is 34.3 Å². The summed E-state index contributed by atoms with van der Waals surface area (Å²) in [6, 6.07) is 8.05. The highest BCUT2D eigenvalue weighted by Gasteiger charge is 2.24. The fourth-order valence-electron chi connectivity index (χ4n) is 4.66. The van der Waals surface area contributed by atoms with Crippen LogP contribution in [0.3, 0.4) is 0 Å². The summed E-state index contributed by atoms with van der Waals surface area (Å²) in [4.78, 5) is 31.6. The fraction of sp³-hybridized carbons (Fsp3) is 0.276. The van der Waals surface area contributed by atoms with E-state index < -0.39 is 32.6 Å². The average molecular weight is 587 g/mol. The molecule has 3 N–H and O–H groups in total. The number of carbonyl (C=O) groups excluding carboxylic acids is 1. The molecule has 0 aliphatic carbocycles. The van der Waals surface area contributed by atoms with Crippen LogP contribution in [-0.2, 0) is 23.4 Å². The van der Waals surface area contributed by atoms with E-state index in [1.807, 2.05) is 0 Å². The SMILES string of the molecule is CC(C)S(=O)(=O)CCn1c([C@@H](C)NC(=O)c2c(N)nn3cccnc23)cc2cccc(C#Cc3cnn(C)c3)c2c1=O. The normalized spacial score (nSPS) is 12.4. The van der Waals surface area contributed by atoms with Crippen molar-refractivity contribution in [3.05, 3.63) is 87.9 Å². The van der Waals surface area contributed by atoms with Gasteiger partial charge in [0.1, 0.15) is 5.56 Å². The van der Waals surface area contributed by atoms with Crippen LogP contribution in [0.15, 0.2) is 59.9 Å². The Labute approximate surface area is 242 Å². The monoisotopic (exact) mass is 586 g/mol. The van der Waals surface area contributed by atoms with Gasteiger partial charge >= 0.3 is 0 Å². The summed E-state index contributed by atoms with van der Waals surface area (Å²) in [7, 11) is -1.68. The Kier molecular flexibility index (Phi) is 7.57. The molecule has 0 bridgehead atoms. The lowest BCUT2D eigenvalue weighted by Crippen LogP contribution is -2.35. The van der Waals surface area contributed by atoms with Gasteiger partial charge in [-0.15, -0.1) is 5.10 Å². The molecule has 4 heterocycles. The molecule has 1 aromatic carbocycles. The minimum Gasteiger partial charge on any atom is -0.381 e. The molecule has 0 aliphatic heterocycles. The second-order valence-corrected chi connectivity index (χ2v) is 12.9. The number of benzene rings is 1. The number of nitrogens with two attached hydrogens (primary N) is 1. The molecule has 0 radical (unpaired) electrons. The smallest absolute Gasteiger partial charge is 0.259 e. The van der Waals surface area contributed by atoms with Gasteiger partial charge in [0, 0.05) is 43.4 Å². The first-order chi connectivity index (χ1) is 20.0. The van der Waals surface area contributed by atoms with E-state index in [-0.39, 0.29) is 29.3 Å². The van der Waals surface area contributed by atoms with E-state index in [0.29, 0.717) is 27.6 Å². The quantitative estimate of drug-likeness (QED) is 0.274. The summed E-state index contributed by atoms with van der Waals surface area (Å²) < 4.78 is 29.9. The standard InChI is InChI=1S/C29H30N8O4S/c1-18(2)42(40,41)14-13-36-23(19(3)33-28(38)25-26(30)34-37-12-6-11-31-27(25)37)15-22-8-5-7-21(24(22)29(36)39)10-9-20-16-32-35(4)17-20/h5-8,11-12,15-19H,13-14H2,1-4H3,(H2,30,34)(H,33,38)/t19-/m1/s1. The Hall–Kier alpha value is -4.96. The van der Waals surface area contributed by atoms with Gasteiger partial charge in [0.15, 0.2) is 21.3 Å². The molecule has 42 heavy (non-hydrogen) atoms. The molecule has 4 aromatic heterocycles. The number of fused-ring (bicyclic) bond motifs is 2. The Morgan fingerprint density at radius 2 is 1.95 bits per heavy atom. The maximum atomic E-state index is 14.0. The molecule has 1 amide bonds. The average Bonchev–Trinajstić information content (AvgIpc) is 3.52. The van der Waals surface area contributed by atoms with Gasteiger partial charge < -0.3 is 15.6 Å². The Morgan fingerprint density at radius 3 is 2.67 bits per heavy atom. The highest BCUT2D eigenvalue weighted by Crippen LogP contribution is 2.23. The van der Waals surface area contributed by atoms with Crippen molar-refractivity contribution in [2.45, 2.75) is 38.6 Å². The zero-order valence-corrected chi connectivity index (χ0v) is 24.4. The van der Waals surface area contributed by atoms with Gasteiger partial charge in [-0.05, 0) is 44.4 Å². The Morgan fingerprint density at radius 1 is 1.17 bits per heavy atom. The molecule has 5 aromatic rings. The summed E-state index contributed by atoms with van der Waals surface area (Å²) in [5, 5.41) is 11.5. The van der Waals surface area contributed by atoms with E-state index in [0.717, 1.165) is 0 Å². The minimum atomic E-state index is -3.47. The molecule has 0 saturated heterocycles. The minimum absolute atomic E-state index is 0.00848. The topological polar surface area (TPSA) is 159 Å². The molecule has 216 valence electrons. The fourth-order valence-corrected chi connectivity index (χ4v) is 5.56. The molecular formula is C29H30N8O4S. The van der Waals surface area contributed by atoms with Crippen molar-refractivity contribution in [2.75, 3.05) is 11.5 Å². The van der Waals surface area contributed by atoms with Crippen LogP contribution in [0.5, 0.6) is 0 Å². The molecule has 0 saturated carbocycles. The Balaban J connectivity index is 1.60. The molecule has 12 nitrogen and oxygen atoms in total. The van der Waals surface area contributed by atoms with E-state index in [4.69, 9.17) is 5.73 Å². The number of anilines is 1. The number of sulfone groups is 1. The van der Waals surface area contributed by atoms with Crippen LogP contribution in [0.2, 0.25) is 0 Å². The molecular weight excluding hydrogens is 556 g/mol. The van der Waals surface area contributed by atoms with Gasteiger partial charge in [-0.2, -0.15) is 5.10 Å². The van der Waals surface area contributed by atoms with Crippen molar-refractivity contribution in [3.8, 4) is 11.8 Å². The third-order valence-corrected chi connectivity index (χ3v) is 9.16. The van der Waals surface area contributed by atoms with E-state index >= 15 is 0 Å². The molecule has 0 fully saturated rings. The number of hydrogen-bond acceptors (Lipinski definition) is 8. The number of aromatic nitrogens is 6. The highest BCUT2D eigenvalue weighted by atomic mass is 32.2. The van der Waals surface area contributed by atoms with Crippen LogP contribution in [0.25, 0.3) is 16.4 Å². The lowest BCUT2D eigenvalue weighted by Gasteiger charge is -2.21. The second-order valence-electron chi connectivity index (χ2n) is 10.2. The van der Waals surface area contributed by atoms with Crippen molar-refractivity contribution in [1.29, 1.82) is 0 Å². The Bertz CT molecular complexity index is 2060. The number of nitrogens with zero attached hydrogens (tertiary/aromatic N) is 6. The summed E-state index contributed by atoms with van der Waals surface area (Å²) >= 11 is 0. The number of hydrogen-bond donors (Lipinski definition) is 2. The molecule has 5 rings (SSSR count). The van der Waals surface area contributed by atoms with Gasteiger partial charge in [-0.3, -0.25) is 14.3 Å². The second kappa shape index (κ2) is 11.1. The third kappa shape index (κ3) is 5.48. The maximum absolute atomic E-state index is 14.0. The van der Waals surface area contributed by atoms with Gasteiger partial charge in [-0.1, -0.05) is 24.0 Å². The zero-order chi connectivity index (χ0) is 30.2. The van der Waals surface area contributed by atoms with Crippen molar-refractivity contribution in [3.63, 3.8) is 0 Å². The third-order valence-electron chi connectivity index (χ3n) is 6.98. The van der Waals surface area contributed by atoms with Gasteiger partial charge in [0.05, 0.1) is 34.2 Å². The zero-order valence-electron chi connectivity index (χ0n) is 23.6. The van der Waals surface area contributed by atoms with E-state index in [1.54, 1.807) is 81.4 Å². The van der Waals surface area contributed by atoms with Gasteiger partial charge in [0.2, 0.25) is 0 Å². The summed E-state index contributed by atoms with van der Waals surface area (Å²) in [6.07, 6.45) is 6.55. The summed E-state index contributed by atoms with van der Waals surface area (Å²) in [5.41, 5.74) is 7.64. The molecule has 13 heteroatoms. The summed E-state index contributed by atoms with van der Waals surface area (Å²) in [6.45, 7) is 4.81. The van der Waals surface area contributed by atoms with E-state index in [1.165, 1.54) is 15.3 Å². The number of aryl methyl sites for hydroxylation is 1. The van der Waals surface area contributed by atoms with Crippen molar-refractivity contribution < 1.29 is 13.2 Å². The van der Waals surface area contributed by atoms with Crippen LogP contribution in [0.4, 0.5) is 5.82 Å². The van der Waals surface area contributed by atoms with Crippen LogP contribution in [-0.4, -0.2) is 54.3 Å². The number of pyridine rings is 1. The van der Waals surface area contributed by atoms with E-state index in [2.05, 4.69) is 32.3 Å². The van der Waals surface area contributed by atoms with Gasteiger partial charge in [-0.25, -0.2) is 17.9 Å². The van der Waals surface area contributed by atoms with Crippen molar-refractivity contribution in [2.24, 2.45) is 7.05 Å². The first kappa shape index (κ1) is 28.6. The first-order valence-electron chi connectivity index (χ1n) is 13.2. The first-order valence-corrected chi connectivity index (χ1v) is 15.0. The number of rotatable bonds is 7. The number of amides is 1. The molecule has 0 spiro atoms. The predicted octanol–water partition coefficient (Wildman–Crippen LogP) is 2.07. The number of carbonyl (C=O) groups is 1. The number of nitrogens with one attached hydrogen (secondary N) is 1. The predicted molar refractivity (Wildman–Crippen MR) is 160 cm³/mol. The van der Waals surface area contributed by atoms with Gasteiger partial charge in [0.25, 0.3) is 11.5 Å². The number of nitrogen functional groups attached to an aromatic ring is 1. The van der Waals surface area contributed by atoms with Crippen LogP contribution in [0.1, 0.15) is 54.0 Å². The highest BCUT2D eigenvalue weighted by molar-refractivity contribution is 7.91. The maximum Gasteiger partial charge on any atom is 0.259 e. The largest absolute Gasteiger partial charge is 0.381 e. The molecule has 1 atom stereocenters. The summed E-state index contributed by atoms with van der Waals surface area (Å²) in [5.74, 6) is 5.32. The lowest BCUT2D eigenvalue weighted by molar-refractivity contribution is 0.0940. The lowest BCUT2D eigenvalue weighted by atomic mass is 10.0. The van der Waals surface area contributed by atoms with E-state index in [9.17, 15) is 18.0 Å². The molecule has 0 aliphatic rings. The van der Waals surface area contributed by atoms with Crippen molar-refractivity contribution >= 4 is 38.0 Å². The van der Waals surface area contributed by atoms with Crippen LogP contribution in [0, 0.1) is 11.8 Å². The van der Waals surface area contributed by atoms with Crippen LogP contribution < -0.4 is 16.6 Å². The molecule has 0 unspecified atom stereocenters.